The van der Waals surface area contributed by atoms with Gasteiger partial charge in [-0.3, -0.25) is 9.59 Å². The number of hydrogen-bond acceptors (Lipinski definition) is 4. The van der Waals surface area contributed by atoms with E-state index in [0.717, 1.165) is 0 Å². The summed E-state index contributed by atoms with van der Waals surface area (Å²) in [6, 6.07) is 0. The SMILES string of the molecule is CC1CN(C(=O)OC(C)(C)C)CC(C(=O)O)C1=O. The lowest BCUT2D eigenvalue weighted by molar-refractivity contribution is -0.150. The summed E-state index contributed by atoms with van der Waals surface area (Å²) < 4.78 is 5.17. The highest BCUT2D eigenvalue weighted by Gasteiger charge is 2.40. The molecule has 0 bridgehead atoms. The zero-order valence-electron chi connectivity index (χ0n) is 11.1. The number of rotatable bonds is 1. The molecule has 1 N–H and O–H groups in total. The topological polar surface area (TPSA) is 83.9 Å². The van der Waals surface area contributed by atoms with Crippen LogP contribution in [0.15, 0.2) is 0 Å². The van der Waals surface area contributed by atoms with Crippen LogP contribution in [-0.2, 0) is 14.3 Å². The maximum Gasteiger partial charge on any atom is 0.410 e. The number of aliphatic carboxylic acids is 1. The van der Waals surface area contributed by atoms with Gasteiger partial charge in [-0.25, -0.2) is 4.79 Å². The molecule has 102 valence electrons. The van der Waals surface area contributed by atoms with Crippen LogP contribution in [-0.4, -0.2) is 46.5 Å². The molecule has 1 rings (SSSR count). The van der Waals surface area contributed by atoms with Crippen molar-refractivity contribution in [3.63, 3.8) is 0 Å². The van der Waals surface area contributed by atoms with Gasteiger partial charge in [-0.2, -0.15) is 0 Å². The highest BCUT2D eigenvalue weighted by Crippen LogP contribution is 2.20. The molecule has 6 heteroatoms. The first-order chi connectivity index (χ1) is 8.11. The van der Waals surface area contributed by atoms with E-state index in [4.69, 9.17) is 9.84 Å². The Morgan fingerprint density at radius 3 is 2.33 bits per heavy atom. The molecule has 2 unspecified atom stereocenters. The molecule has 18 heavy (non-hydrogen) atoms. The summed E-state index contributed by atoms with van der Waals surface area (Å²) in [5, 5.41) is 8.96. The number of amides is 1. The zero-order chi connectivity index (χ0) is 14.1. The van der Waals surface area contributed by atoms with Crippen LogP contribution >= 0.6 is 0 Å². The second kappa shape index (κ2) is 4.96. The van der Waals surface area contributed by atoms with Crippen molar-refractivity contribution in [2.75, 3.05) is 13.1 Å². The Hall–Kier alpha value is -1.59. The molecule has 1 heterocycles. The summed E-state index contributed by atoms with van der Waals surface area (Å²) in [7, 11) is 0. The lowest BCUT2D eigenvalue weighted by Crippen LogP contribution is -2.52. The van der Waals surface area contributed by atoms with Crippen molar-refractivity contribution in [2.45, 2.75) is 33.3 Å². The number of nitrogens with zero attached hydrogens (tertiary/aromatic N) is 1. The fraction of sp³-hybridized carbons (Fsp3) is 0.750. The molecule has 1 fully saturated rings. The Labute approximate surface area is 106 Å². The van der Waals surface area contributed by atoms with Gasteiger partial charge in [-0.1, -0.05) is 6.92 Å². The number of ketones is 1. The van der Waals surface area contributed by atoms with Gasteiger partial charge in [-0.15, -0.1) is 0 Å². The van der Waals surface area contributed by atoms with Crippen molar-refractivity contribution < 1.29 is 24.2 Å². The van der Waals surface area contributed by atoms with Crippen molar-refractivity contribution in [1.82, 2.24) is 4.90 Å². The molecule has 0 saturated carbocycles. The number of carbonyl (C=O) groups is 3. The fourth-order valence-corrected chi connectivity index (χ4v) is 1.82. The van der Waals surface area contributed by atoms with Crippen LogP contribution in [0, 0.1) is 11.8 Å². The predicted molar refractivity (Wildman–Crippen MR) is 63.1 cm³/mol. The van der Waals surface area contributed by atoms with Crippen molar-refractivity contribution in [2.24, 2.45) is 11.8 Å². The molecular weight excluding hydrogens is 238 g/mol. The average molecular weight is 257 g/mol. The number of carbonyl (C=O) groups excluding carboxylic acids is 2. The van der Waals surface area contributed by atoms with E-state index >= 15 is 0 Å². The van der Waals surface area contributed by atoms with Gasteiger partial charge in [0.25, 0.3) is 0 Å². The van der Waals surface area contributed by atoms with Crippen LogP contribution < -0.4 is 0 Å². The minimum absolute atomic E-state index is 0.118. The highest BCUT2D eigenvalue weighted by molar-refractivity contribution is 6.00. The summed E-state index contributed by atoms with van der Waals surface area (Å²) in [5.74, 6) is -3.16. The average Bonchev–Trinajstić information content (AvgIpc) is 2.18. The van der Waals surface area contributed by atoms with E-state index in [2.05, 4.69) is 0 Å². The number of carboxylic acid groups (broad SMARTS) is 1. The molecule has 1 amide bonds. The summed E-state index contributed by atoms with van der Waals surface area (Å²) in [4.78, 5) is 35.7. The van der Waals surface area contributed by atoms with E-state index < -0.39 is 29.5 Å². The Kier molecular flexibility index (Phi) is 3.98. The summed E-state index contributed by atoms with van der Waals surface area (Å²) >= 11 is 0. The number of piperidine rings is 1. The molecule has 0 aromatic heterocycles. The minimum Gasteiger partial charge on any atom is -0.481 e. The molecule has 0 spiro atoms. The molecule has 1 aliphatic rings. The third kappa shape index (κ3) is 3.45. The van der Waals surface area contributed by atoms with E-state index in [9.17, 15) is 14.4 Å². The molecular formula is C12H19NO5. The summed E-state index contributed by atoms with van der Waals surface area (Å²) in [5.41, 5.74) is -0.638. The van der Waals surface area contributed by atoms with Gasteiger partial charge in [0.1, 0.15) is 11.5 Å². The second-order valence-electron chi connectivity index (χ2n) is 5.58. The van der Waals surface area contributed by atoms with E-state index in [0.29, 0.717) is 0 Å². The van der Waals surface area contributed by atoms with Crippen LogP contribution in [0.2, 0.25) is 0 Å². The van der Waals surface area contributed by atoms with E-state index in [1.807, 2.05) is 0 Å². The lowest BCUT2D eigenvalue weighted by atomic mass is 9.89. The third-order valence-electron chi connectivity index (χ3n) is 2.68. The number of hydrogen-bond donors (Lipinski definition) is 1. The highest BCUT2D eigenvalue weighted by atomic mass is 16.6. The molecule has 1 aliphatic heterocycles. The molecule has 0 aromatic rings. The standard InChI is InChI=1S/C12H19NO5/c1-7-5-13(11(17)18-12(2,3)4)6-8(9(7)14)10(15)16/h7-8H,5-6H2,1-4H3,(H,15,16). The fourth-order valence-electron chi connectivity index (χ4n) is 1.82. The number of carboxylic acids is 1. The molecule has 0 aliphatic carbocycles. The summed E-state index contributed by atoms with van der Waals surface area (Å²) in [6.45, 7) is 6.91. The van der Waals surface area contributed by atoms with Gasteiger partial charge in [-0.05, 0) is 20.8 Å². The van der Waals surface area contributed by atoms with E-state index in [-0.39, 0.29) is 18.9 Å². The molecule has 0 aromatic carbocycles. The largest absolute Gasteiger partial charge is 0.481 e. The first kappa shape index (κ1) is 14.5. The van der Waals surface area contributed by atoms with Crippen molar-refractivity contribution in [3.8, 4) is 0 Å². The Balaban J connectivity index is 2.77. The number of likely N-dealkylation sites (tertiary alicyclic amines) is 1. The summed E-state index contributed by atoms with van der Waals surface area (Å²) in [6.07, 6.45) is -0.576. The van der Waals surface area contributed by atoms with Gasteiger partial charge in [0, 0.05) is 19.0 Å². The van der Waals surface area contributed by atoms with Gasteiger partial charge in [0.05, 0.1) is 0 Å². The third-order valence-corrected chi connectivity index (χ3v) is 2.68. The molecule has 6 nitrogen and oxygen atoms in total. The Bertz CT molecular complexity index is 371. The zero-order valence-corrected chi connectivity index (χ0v) is 11.1. The van der Waals surface area contributed by atoms with Crippen molar-refractivity contribution >= 4 is 17.8 Å². The van der Waals surface area contributed by atoms with E-state index in [1.54, 1.807) is 27.7 Å². The van der Waals surface area contributed by atoms with Gasteiger partial charge >= 0.3 is 12.1 Å². The predicted octanol–water partition coefficient (Wildman–Crippen LogP) is 1.14. The monoisotopic (exact) mass is 257 g/mol. The molecule has 1 saturated heterocycles. The normalized spacial score (nSPS) is 24.9. The van der Waals surface area contributed by atoms with Crippen molar-refractivity contribution in [1.29, 1.82) is 0 Å². The van der Waals surface area contributed by atoms with Crippen LogP contribution in [0.1, 0.15) is 27.7 Å². The smallest absolute Gasteiger partial charge is 0.410 e. The van der Waals surface area contributed by atoms with Gasteiger partial charge < -0.3 is 14.7 Å². The van der Waals surface area contributed by atoms with Crippen molar-refractivity contribution in [3.05, 3.63) is 0 Å². The van der Waals surface area contributed by atoms with E-state index in [1.165, 1.54) is 4.90 Å². The lowest BCUT2D eigenvalue weighted by Gasteiger charge is -2.34. The first-order valence-corrected chi connectivity index (χ1v) is 5.86. The van der Waals surface area contributed by atoms with Crippen LogP contribution in [0.25, 0.3) is 0 Å². The maximum atomic E-state index is 11.8. The van der Waals surface area contributed by atoms with Crippen LogP contribution in [0.5, 0.6) is 0 Å². The number of Topliss-reactive ketones (excluding diaryl/α,β-unsaturated/α-hetero) is 1. The molecule has 2 atom stereocenters. The quantitative estimate of drug-likeness (QED) is 0.712. The van der Waals surface area contributed by atoms with Gasteiger partial charge in [0.15, 0.2) is 5.78 Å². The number of ether oxygens (including phenoxy) is 1. The Morgan fingerprint density at radius 1 is 1.33 bits per heavy atom. The van der Waals surface area contributed by atoms with Crippen LogP contribution in [0.3, 0.4) is 0 Å². The van der Waals surface area contributed by atoms with Gasteiger partial charge in [0.2, 0.25) is 0 Å². The maximum absolute atomic E-state index is 11.8. The first-order valence-electron chi connectivity index (χ1n) is 5.86. The molecule has 0 radical (unpaired) electrons. The second-order valence-corrected chi connectivity index (χ2v) is 5.58. The Morgan fingerprint density at radius 2 is 1.89 bits per heavy atom. The van der Waals surface area contributed by atoms with Crippen LogP contribution in [0.4, 0.5) is 4.79 Å². The minimum atomic E-state index is -1.19.